The van der Waals surface area contributed by atoms with E-state index in [4.69, 9.17) is 0 Å². The molecule has 1 aromatic heterocycles. The van der Waals surface area contributed by atoms with Crippen LogP contribution in [0, 0.1) is 11.3 Å². The van der Waals surface area contributed by atoms with Gasteiger partial charge in [0.1, 0.15) is 6.07 Å². The summed E-state index contributed by atoms with van der Waals surface area (Å²) in [5.74, 6) is 0. The first kappa shape index (κ1) is 13.0. The average molecular weight is 265 g/mol. The molecule has 0 amide bonds. The maximum atomic E-state index is 9.26. The highest BCUT2D eigenvalue weighted by atomic mass is 15.1. The van der Waals surface area contributed by atoms with Gasteiger partial charge < -0.3 is 4.57 Å². The van der Waals surface area contributed by atoms with E-state index in [-0.39, 0.29) is 0 Å². The molecule has 20 heavy (non-hydrogen) atoms. The van der Waals surface area contributed by atoms with E-state index < -0.39 is 0 Å². The van der Waals surface area contributed by atoms with Crippen LogP contribution in [0.5, 0.6) is 0 Å². The van der Waals surface area contributed by atoms with Crippen LogP contribution in [-0.2, 0) is 6.54 Å². The van der Waals surface area contributed by atoms with Crippen LogP contribution in [-0.4, -0.2) is 22.6 Å². The van der Waals surface area contributed by atoms with Crippen molar-refractivity contribution in [3.63, 3.8) is 0 Å². The second-order valence-electron chi connectivity index (χ2n) is 5.34. The minimum Gasteiger partial charge on any atom is -0.318 e. The van der Waals surface area contributed by atoms with Crippen LogP contribution in [0.4, 0.5) is 0 Å². The van der Waals surface area contributed by atoms with Gasteiger partial charge >= 0.3 is 0 Å². The van der Waals surface area contributed by atoms with Gasteiger partial charge in [-0.25, -0.2) is 0 Å². The predicted molar refractivity (Wildman–Crippen MR) is 79.6 cm³/mol. The Morgan fingerprint density at radius 2 is 1.80 bits per heavy atom. The predicted octanol–water partition coefficient (Wildman–Crippen LogP) is 3.33. The van der Waals surface area contributed by atoms with Gasteiger partial charge in [0.15, 0.2) is 0 Å². The minimum atomic E-state index is 0.726. The molecule has 0 radical (unpaired) electrons. The number of benzene rings is 1. The summed E-state index contributed by atoms with van der Waals surface area (Å²) in [6.07, 6.45) is 6.01. The van der Waals surface area contributed by atoms with Gasteiger partial charge in [-0.3, -0.25) is 4.90 Å². The first-order valence-corrected chi connectivity index (χ1v) is 7.26. The van der Waals surface area contributed by atoms with Crippen molar-refractivity contribution < 1.29 is 0 Å². The van der Waals surface area contributed by atoms with E-state index in [0.717, 1.165) is 17.8 Å². The average Bonchev–Trinajstić information content (AvgIpc) is 2.96. The van der Waals surface area contributed by atoms with E-state index in [2.05, 4.69) is 33.9 Å². The van der Waals surface area contributed by atoms with Crippen LogP contribution in [0.3, 0.4) is 0 Å². The summed E-state index contributed by atoms with van der Waals surface area (Å²) < 4.78 is 2.15. The lowest BCUT2D eigenvalue weighted by atomic mass is 10.1. The second kappa shape index (κ2) is 5.94. The van der Waals surface area contributed by atoms with Crippen molar-refractivity contribution in [2.24, 2.45) is 0 Å². The van der Waals surface area contributed by atoms with Crippen molar-refractivity contribution in [2.75, 3.05) is 13.1 Å². The monoisotopic (exact) mass is 265 g/mol. The smallest absolute Gasteiger partial charge is 0.101 e. The molecule has 102 valence electrons. The van der Waals surface area contributed by atoms with E-state index in [1.165, 1.54) is 38.0 Å². The number of aromatic nitrogens is 1. The number of hydrogen-bond donors (Lipinski definition) is 0. The Hall–Kier alpha value is -2.05. The lowest BCUT2D eigenvalue weighted by Crippen LogP contribution is -2.29. The molecular weight excluding hydrogens is 246 g/mol. The molecule has 1 aromatic carbocycles. The molecule has 2 aromatic rings. The zero-order valence-corrected chi connectivity index (χ0v) is 11.6. The number of nitrogens with zero attached hydrogens (tertiary/aromatic N) is 3. The highest BCUT2D eigenvalue weighted by molar-refractivity contribution is 5.49. The van der Waals surface area contributed by atoms with Crippen LogP contribution in [0.1, 0.15) is 30.5 Å². The van der Waals surface area contributed by atoms with Crippen molar-refractivity contribution in [1.82, 2.24) is 9.47 Å². The third-order valence-corrected chi connectivity index (χ3v) is 3.95. The Bertz CT molecular complexity index is 615. The van der Waals surface area contributed by atoms with Gasteiger partial charge in [-0.2, -0.15) is 5.26 Å². The summed E-state index contributed by atoms with van der Waals surface area (Å²) in [4.78, 5) is 2.50. The Kier molecular flexibility index (Phi) is 3.85. The summed E-state index contributed by atoms with van der Waals surface area (Å²) >= 11 is 0. The number of rotatable bonds is 3. The van der Waals surface area contributed by atoms with E-state index in [0.29, 0.717) is 0 Å². The number of nitriles is 1. The molecule has 1 saturated heterocycles. The normalized spacial score (nSPS) is 15.9. The molecule has 0 aliphatic carbocycles. The molecule has 1 aliphatic rings. The molecule has 0 unspecified atom stereocenters. The molecule has 0 bridgehead atoms. The summed E-state index contributed by atoms with van der Waals surface area (Å²) in [6, 6.07) is 14.3. The number of hydrogen-bond acceptors (Lipinski definition) is 2. The van der Waals surface area contributed by atoms with Gasteiger partial charge in [0.2, 0.25) is 0 Å². The van der Waals surface area contributed by atoms with Crippen molar-refractivity contribution in [3.05, 3.63) is 53.9 Å². The van der Waals surface area contributed by atoms with E-state index in [1.54, 1.807) is 0 Å². The minimum absolute atomic E-state index is 0.726. The second-order valence-corrected chi connectivity index (χ2v) is 5.34. The summed E-state index contributed by atoms with van der Waals surface area (Å²) in [5.41, 5.74) is 2.96. The summed E-state index contributed by atoms with van der Waals surface area (Å²) in [5, 5.41) is 9.26. The topological polar surface area (TPSA) is 32.0 Å². The zero-order chi connectivity index (χ0) is 13.8. The van der Waals surface area contributed by atoms with Gasteiger partial charge in [0.25, 0.3) is 0 Å². The molecule has 0 saturated carbocycles. The molecule has 1 aliphatic heterocycles. The molecule has 3 nitrogen and oxygen atoms in total. The largest absolute Gasteiger partial charge is 0.318 e. The van der Waals surface area contributed by atoms with Crippen LogP contribution in [0.25, 0.3) is 5.69 Å². The van der Waals surface area contributed by atoms with Crippen molar-refractivity contribution in [2.45, 2.75) is 25.8 Å². The SMILES string of the molecule is N#Cc1ccccc1-n1cccc1CN1CCCCC1. The Labute approximate surface area is 120 Å². The molecule has 0 N–H and O–H groups in total. The lowest BCUT2D eigenvalue weighted by Gasteiger charge is -2.27. The fraction of sp³-hybridized carbons (Fsp3) is 0.353. The molecule has 3 rings (SSSR count). The van der Waals surface area contributed by atoms with Crippen molar-refractivity contribution >= 4 is 0 Å². The molecule has 3 heteroatoms. The van der Waals surface area contributed by atoms with Gasteiger partial charge in [-0.15, -0.1) is 0 Å². The lowest BCUT2D eigenvalue weighted by molar-refractivity contribution is 0.217. The highest BCUT2D eigenvalue weighted by Gasteiger charge is 2.13. The molecular formula is C17H19N3. The summed E-state index contributed by atoms with van der Waals surface area (Å²) in [7, 11) is 0. The highest BCUT2D eigenvalue weighted by Crippen LogP contribution is 2.19. The van der Waals surface area contributed by atoms with Crippen LogP contribution in [0.15, 0.2) is 42.6 Å². The first-order valence-electron chi connectivity index (χ1n) is 7.26. The van der Waals surface area contributed by atoms with Gasteiger partial charge in [0.05, 0.1) is 11.3 Å². The fourth-order valence-corrected chi connectivity index (χ4v) is 2.90. The molecule has 0 atom stereocenters. The van der Waals surface area contributed by atoms with Crippen molar-refractivity contribution in [1.29, 1.82) is 5.26 Å². The maximum Gasteiger partial charge on any atom is 0.101 e. The quantitative estimate of drug-likeness (QED) is 0.852. The van der Waals surface area contributed by atoms with E-state index in [9.17, 15) is 5.26 Å². The van der Waals surface area contributed by atoms with Gasteiger partial charge in [-0.1, -0.05) is 18.6 Å². The Balaban J connectivity index is 1.88. The van der Waals surface area contributed by atoms with Crippen molar-refractivity contribution in [3.8, 4) is 11.8 Å². The van der Waals surface area contributed by atoms with Crippen LogP contribution >= 0.6 is 0 Å². The third-order valence-electron chi connectivity index (χ3n) is 3.95. The van der Waals surface area contributed by atoms with Gasteiger partial charge in [0, 0.05) is 18.4 Å². The Morgan fingerprint density at radius 3 is 2.60 bits per heavy atom. The van der Waals surface area contributed by atoms with Crippen LogP contribution < -0.4 is 0 Å². The third kappa shape index (κ3) is 2.61. The van der Waals surface area contributed by atoms with Gasteiger partial charge in [-0.05, 0) is 50.2 Å². The number of piperidine rings is 1. The number of likely N-dealkylation sites (tertiary alicyclic amines) is 1. The fourth-order valence-electron chi connectivity index (χ4n) is 2.90. The maximum absolute atomic E-state index is 9.26. The zero-order valence-electron chi connectivity index (χ0n) is 11.6. The standard InChI is InChI=1S/C17H19N3/c18-13-15-7-2-3-9-17(15)20-12-6-8-16(20)14-19-10-4-1-5-11-19/h2-3,6-9,12H,1,4-5,10-11,14H2. The first-order chi connectivity index (χ1) is 9.88. The molecule has 2 heterocycles. The molecule has 1 fully saturated rings. The van der Waals surface area contributed by atoms with Crippen LogP contribution in [0.2, 0.25) is 0 Å². The molecule has 0 spiro atoms. The van der Waals surface area contributed by atoms with E-state index >= 15 is 0 Å². The summed E-state index contributed by atoms with van der Waals surface area (Å²) in [6.45, 7) is 3.34. The van der Waals surface area contributed by atoms with E-state index in [1.807, 2.05) is 24.3 Å². The Morgan fingerprint density at radius 1 is 1.00 bits per heavy atom. The number of para-hydroxylation sites is 1.